The van der Waals surface area contributed by atoms with Gasteiger partial charge in [0.1, 0.15) is 5.69 Å². The van der Waals surface area contributed by atoms with Gasteiger partial charge in [0.15, 0.2) is 0 Å². The Labute approximate surface area is 100 Å². The van der Waals surface area contributed by atoms with Crippen LogP contribution >= 0.6 is 0 Å². The van der Waals surface area contributed by atoms with Gasteiger partial charge in [-0.05, 0) is 18.9 Å². The van der Waals surface area contributed by atoms with Crippen LogP contribution in [0.15, 0.2) is 18.3 Å². The van der Waals surface area contributed by atoms with Gasteiger partial charge >= 0.3 is 6.18 Å². The third kappa shape index (κ3) is 2.85. The molecule has 1 aliphatic rings. The van der Waals surface area contributed by atoms with Crippen molar-refractivity contribution >= 4 is 6.08 Å². The van der Waals surface area contributed by atoms with Gasteiger partial charge in [-0.2, -0.15) is 13.2 Å². The van der Waals surface area contributed by atoms with Crippen molar-refractivity contribution in [3.05, 3.63) is 45.4 Å². The van der Waals surface area contributed by atoms with Crippen molar-refractivity contribution in [3.63, 3.8) is 0 Å². The minimum Gasteiger partial charge on any atom is -0.259 e. The Hall–Kier alpha value is -1.92. The van der Waals surface area contributed by atoms with Gasteiger partial charge in [-0.25, -0.2) is 4.98 Å². The van der Waals surface area contributed by atoms with Crippen LogP contribution in [0.3, 0.4) is 0 Å². The lowest BCUT2D eigenvalue weighted by molar-refractivity contribution is -0.400. The summed E-state index contributed by atoms with van der Waals surface area (Å²) in [7, 11) is 0. The van der Waals surface area contributed by atoms with Crippen LogP contribution in [0.2, 0.25) is 0 Å². The van der Waals surface area contributed by atoms with Crippen molar-refractivity contribution in [1.29, 1.82) is 0 Å². The zero-order valence-electron chi connectivity index (χ0n) is 9.15. The summed E-state index contributed by atoms with van der Waals surface area (Å²) >= 11 is 0. The predicted octanol–water partition coefficient (Wildman–Crippen LogP) is 3.23. The van der Waals surface area contributed by atoms with Crippen molar-refractivity contribution in [2.75, 3.05) is 0 Å². The van der Waals surface area contributed by atoms with Crippen LogP contribution in [0.25, 0.3) is 6.08 Å². The van der Waals surface area contributed by atoms with E-state index in [0.717, 1.165) is 18.9 Å². The standard InChI is InChI=1S/C11H9F3N2O2/c12-11(13,14)9-4-3-8(5-6-16(17)18)10(15-9)7-1-2-7/h3-7H,1-2H2/b6-5+. The number of pyridine rings is 1. The Bertz CT molecular complexity index is 508. The Morgan fingerprint density at radius 3 is 2.56 bits per heavy atom. The number of aromatic nitrogens is 1. The van der Waals surface area contributed by atoms with E-state index in [1.54, 1.807) is 0 Å². The summed E-state index contributed by atoms with van der Waals surface area (Å²) < 4.78 is 37.5. The molecule has 1 aromatic rings. The van der Waals surface area contributed by atoms with Gasteiger partial charge in [-0.3, -0.25) is 10.1 Å². The van der Waals surface area contributed by atoms with Gasteiger partial charge in [-0.15, -0.1) is 0 Å². The number of hydrogen-bond acceptors (Lipinski definition) is 3. The molecule has 2 rings (SSSR count). The molecular weight excluding hydrogens is 249 g/mol. The van der Waals surface area contributed by atoms with Gasteiger partial charge in [0.25, 0.3) is 0 Å². The van der Waals surface area contributed by atoms with E-state index in [-0.39, 0.29) is 5.92 Å². The monoisotopic (exact) mass is 258 g/mol. The van der Waals surface area contributed by atoms with Gasteiger partial charge in [0, 0.05) is 17.6 Å². The lowest BCUT2D eigenvalue weighted by Gasteiger charge is -2.09. The smallest absolute Gasteiger partial charge is 0.259 e. The summed E-state index contributed by atoms with van der Waals surface area (Å²) in [5.74, 6) is -0.0151. The Kier molecular flexibility index (Phi) is 3.06. The summed E-state index contributed by atoms with van der Waals surface area (Å²) in [5.41, 5.74) is -0.284. The average Bonchev–Trinajstić information content (AvgIpc) is 3.08. The van der Waals surface area contributed by atoms with Crippen LogP contribution in [0, 0.1) is 10.1 Å². The highest BCUT2D eigenvalue weighted by Crippen LogP contribution is 2.42. The van der Waals surface area contributed by atoms with Gasteiger partial charge < -0.3 is 0 Å². The second kappa shape index (κ2) is 4.40. The molecular formula is C11H9F3N2O2. The molecule has 0 aromatic carbocycles. The third-order valence-corrected chi connectivity index (χ3v) is 2.59. The summed E-state index contributed by atoms with van der Waals surface area (Å²) in [5, 5.41) is 10.2. The zero-order chi connectivity index (χ0) is 13.3. The molecule has 1 aliphatic carbocycles. The molecule has 0 saturated heterocycles. The predicted molar refractivity (Wildman–Crippen MR) is 57.2 cm³/mol. The molecule has 1 aromatic heterocycles. The SMILES string of the molecule is O=[N+]([O-])/C=C/c1ccc(C(F)(F)F)nc1C1CC1. The Morgan fingerprint density at radius 1 is 1.39 bits per heavy atom. The molecule has 0 spiro atoms. The Balaban J connectivity index is 2.39. The minimum atomic E-state index is -4.49. The summed E-state index contributed by atoms with van der Waals surface area (Å²) in [6.07, 6.45) is -1.06. The van der Waals surface area contributed by atoms with Crippen molar-refractivity contribution in [3.8, 4) is 0 Å². The quantitative estimate of drug-likeness (QED) is 0.617. The van der Waals surface area contributed by atoms with Crippen LogP contribution in [0.4, 0.5) is 13.2 Å². The van der Waals surface area contributed by atoms with Crippen LogP contribution in [-0.4, -0.2) is 9.91 Å². The van der Waals surface area contributed by atoms with E-state index >= 15 is 0 Å². The van der Waals surface area contributed by atoms with Crippen LogP contribution < -0.4 is 0 Å². The largest absolute Gasteiger partial charge is 0.433 e. The zero-order valence-corrected chi connectivity index (χ0v) is 9.15. The first-order valence-corrected chi connectivity index (χ1v) is 5.28. The molecule has 1 heterocycles. The fourth-order valence-electron chi connectivity index (χ4n) is 1.61. The number of rotatable bonds is 3. The summed E-state index contributed by atoms with van der Waals surface area (Å²) in [6, 6.07) is 2.06. The first kappa shape index (κ1) is 12.5. The van der Waals surface area contributed by atoms with E-state index < -0.39 is 16.8 Å². The van der Waals surface area contributed by atoms with Gasteiger partial charge in [0.2, 0.25) is 6.20 Å². The third-order valence-electron chi connectivity index (χ3n) is 2.59. The van der Waals surface area contributed by atoms with E-state index in [1.165, 1.54) is 12.1 Å². The molecule has 0 bridgehead atoms. The topological polar surface area (TPSA) is 56.0 Å². The van der Waals surface area contributed by atoms with Crippen LogP contribution in [0.5, 0.6) is 0 Å². The van der Waals surface area contributed by atoms with E-state index in [9.17, 15) is 23.3 Å². The van der Waals surface area contributed by atoms with Crippen molar-refractivity contribution in [1.82, 2.24) is 4.98 Å². The highest BCUT2D eigenvalue weighted by molar-refractivity contribution is 5.53. The molecule has 1 fully saturated rings. The molecule has 4 nitrogen and oxygen atoms in total. The molecule has 0 N–H and O–H groups in total. The lowest BCUT2D eigenvalue weighted by atomic mass is 10.1. The lowest BCUT2D eigenvalue weighted by Crippen LogP contribution is -2.10. The second-order valence-corrected chi connectivity index (χ2v) is 4.04. The van der Waals surface area contributed by atoms with Crippen molar-refractivity contribution in [2.45, 2.75) is 24.9 Å². The molecule has 0 atom stereocenters. The van der Waals surface area contributed by atoms with E-state index in [2.05, 4.69) is 4.98 Å². The minimum absolute atomic E-state index is 0.0151. The van der Waals surface area contributed by atoms with Crippen molar-refractivity contribution < 1.29 is 18.1 Å². The van der Waals surface area contributed by atoms with E-state index in [4.69, 9.17) is 0 Å². The number of halogens is 3. The van der Waals surface area contributed by atoms with Crippen molar-refractivity contribution in [2.24, 2.45) is 0 Å². The number of hydrogen-bond donors (Lipinski definition) is 0. The van der Waals surface area contributed by atoms with Gasteiger partial charge in [0.05, 0.1) is 10.6 Å². The molecule has 96 valence electrons. The first-order valence-electron chi connectivity index (χ1n) is 5.28. The van der Waals surface area contributed by atoms with E-state index in [1.807, 2.05) is 0 Å². The molecule has 0 radical (unpaired) electrons. The molecule has 0 aliphatic heterocycles. The highest BCUT2D eigenvalue weighted by atomic mass is 19.4. The molecule has 1 saturated carbocycles. The molecule has 18 heavy (non-hydrogen) atoms. The average molecular weight is 258 g/mol. The molecule has 7 heteroatoms. The number of nitro groups is 1. The highest BCUT2D eigenvalue weighted by Gasteiger charge is 2.35. The maximum Gasteiger partial charge on any atom is 0.433 e. The number of alkyl halides is 3. The first-order chi connectivity index (χ1) is 8.38. The van der Waals surface area contributed by atoms with Crippen LogP contribution in [-0.2, 0) is 6.18 Å². The maximum absolute atomic E-state index is 12.5. The number of nitrogens with zero attached hydrogens (tertiary/aromatic N) is 2. The fourth-order valence-corrected chi connectivity index (χ4v) is 1.61. The summed E-state index contributed by atoms with van der Waals surface area (Å²) in [6.45, 7) is 0. The maximum atomic E-state index is 12.5. The second-order valence-electron chi connectivity index (χ2n) is 4.04. The fraction of sp³-hybridized carbons (Fsp3) is 0.364. The Morgan fingerprint density at radius 2 is 2.06 bits per heavy atom. The summed E-state index contributed by atoms with van der Waals surface area (Å²) in [4.78, 5) is 13.1. The van der Waals surface area contributed by atoms with Gasteiger partial charge in [-0.1, -0.05) is 6.07 Å². The molecule has 0 amide bonds. The molecule has 0 unspecified atom stereocenters. The van der Waals surface area contributed by atoms with Crippen LogP contribution in [0.1, 0.15) is 35.7 Å². The normalized spacial score (nSPS) is 16.2. The van der Waals surface area contributed by atoms with E-state index in [0.29, 0.717) is 17.5 Å².